The summed E-state index contributed by atoms with van der Waals surface area (Å²) in [4.78, 5) is 57.9. The van der Waals surface area contributed by atoms with Gasteiger partial charge < -0.3 is 19.6 Å². The van der Waals surface area contributed by atoms with Crippen LogP contribution < -0.4 is 9.84 Å². The number of nitrogens with zero attached hydrogens (tertiary/aromatic N) is 4. The fourth-order valence-corrected chi connectivity index (χ4v) is 11.8. The Labute approximate surface area is 367 Å². The molecule has 12 nitrogen and oxygen atoms in total. The highest BCUT2D eigenvalue weighted by atomic mass is 32.2. The predicted octanol–water partition coefficient (Wildman–Crippen LogP) is 8.97. The number of rotatable bonds is 14. The van der Waals surface area contributed by atoms with Gasteiger partial charge in [-0.2, -0.15) is 19.3 Å². The van der Waals surface area contributed by atoms with E-state index in [9.17, 15) is 34.3 Å². The zero-order chi connectivity index (χ0) is 44.0. The Morgan fingerprint density at radius 3 is 2.53 bits per heavy atom. The highest BCUT2D eigenvalue weighted by molar-refractivity contribution is 8.13. The molecule has 0 saturated carbocycles. The van der Waals surface area contributed by atoms with Crippen molar-refractivity contribution in [3.63, 3.8) is 0 Å². The van der Waals surface area contributed by atoms with E-state index in [0.717, 1.165) is 53.6 Å². The number of amides is 3. The molecule has 4 heterocycles. The number of likely N-dealkylation sites (tertiary alicyclic amines) is 1. The van der Waals surface area contributed by atoms with Crippen LogP contribution in [-0.4, -0.2) is 76.2 Å². The molecule has 1 N–H and O–H groups in total. The first-order valence-electron chi connectivity index (χ1n) is 20.7. The number of carbonyl (C=O) groups excluding carboxylic acids is 4. The molecule has 3 aliphatic rings. The lowest BCUT2D eigenvalue weighted by atomic mass is 9.90. The van der Waals surface area contributed by atoms with Gasteiger partial charge in [0.05, 0.1) is 35.1 Å². The van der Waals surface area contributed by atoms with Crippen LogP contribution in [0.3, 0.4) is 0 Å². The summed E-state index contributed by atoms with van der Waals surface area (Å²) in [6.07, 6.45) is 4.59. The van der Waals surface area contributed by atoms with Crippen LogP contribution in [0.2, 0.25) is 0 Å². The number of hydrogen-bond acceptors (Lipinski definition) is 11. The first kappa shape index (κ1) is 44.9. The highest BCUT2D eigenvalue weighted by Crippen LogP contribution is 2.66. The second-order valence-electron chi connectivity index (χ2n) is 15.7. The molecular formula is C45H46F2N5O7PS2. The Morgan fingerprint density at radius 2 is 1.77 bits per heavy atom. The summed E-state index contributed by atoms with van der Waals surface area (Å²) in [5, 5.41) is 22.3. The fraction of sp³-hybridized carbons (Fsp3) is 0.422. The molecule has 4 aromatic rings. The van der Waals surface area contributed by atoms with Crippen LogP contribution in [0.25, 0.3) is 10.1 Å². The van der Waals surface area contributed by atoms with Crippen LogP contribution >= 0.6 is 30.7 Å². The van der Waals surface area contributed by atoms with E-state index in [1.165, 1.54) is 36.4 Å². The number of carbonyl (C=O) groups is 4. The molecule has 7 rings (SSSR count). The molecule has 324 valence electrons. The van der Waals surface area contributed by atoms with Gasteiger partial charge in [0.2, 0.25) is 11.8 Å². The molecule has 3 amide bonds. The number of benzene rings is 3. The van der Waals surface area contributed by atoms with Crippen LogP contribution in [0, 0.1) is 28.6 Å². The quantitative estimate of drug-likeness (QED) is 0.0952. The Hall–Kier alpha value is -5.12. The standard InChI is InChI=1S/C45H46F2N5O7PS2/c1-2-9-41(53)61-21-20-58-60(57,59-35-14-8-10-29(22-35)25-48)45(46,47)33-16-19-39-31(23-33)24-40(62-39)42(54)50-37-15-7-6-13-34-17-18-38(52(34)43(37)55)44(56)51-27-32(26-49)36(28-51)30-11-4-3-5-12-30/h3-5,8,10-12,14,16,19,22-24,32,34,36-38H,2,6-7,9,13,15,17-18,20-21,27-28H2,1H3,(H,50,54)/t32-,34-,36+,37-,38-,60?/m0/s1. The van der Waals surface area contributed by atoms with Crippen molar-refractivity contribution in [2.45, 2.75) is 88.0 Å². The van der Waals surface area contributed by atoms with Gasteiger partial charge >= 0.3 is 13.3 Å². The van der Waals surface area contributed by atoms with E-state index in [1.807, 2.05) is 43.3 Å². The van der Waals surface area contributed by atoms with Crippen molar-refractivity contribution in [2.75, 3.05) is 25.4 Å². The number of thiophene rings is 1. The summed E-state index contributed by atoms with van der Waals surface area (Å²) in [6.45, 7) is 1.99. The van der Waals surface area contributed by atoms with Crippen molar-refractivity contribution in [2.24, 2.45) is 5.92 Å². The van der Waals surface area contributed by atoms with E-state index in [2.05, 4.69) is 11.4 Å². The van der Waals surface area contributed by atoms with Crippen molar-refractivity contribution in [3.05, 3.63) is 100 Å². The largest absolute Gasteiger partial charge is 0.453 e. The molecular weight excluding hydrogens is 856 g/mol. The van der Waals surface area contributed by atoms with Crippen LogP contribution in [0.15, 0.2) is 78.9 Å². The third kappa shape index (κ3) is 9.59. The molecule has 62 heavy (non-hydrogen) atoms. The minimum atomic E-state index is -5.38. The lowest BCUT2D eigenvalue weighted by molar-refractivity contribution is -0.146. The third-order valence-electron chi connectivity index (χ3n) is 11.6. The Balaban J connectivity index is 1.07. The smallest absolute Gasteiger partial charge is 0.420 e. The first-order chi connectivity index (χ1) is 29.8. The summed E-state index contributed by atoms with van der Waals surface area (Å²) in [5.74, 6) is -1.95. The Kier molecular flexibility index (Phi) is 14.1. The summed E-state index contributed by atoms with van der Waals surface area (Å²) in [7, 11) is -5.38. The SMILES string of the molecule is CCCC(=O)SCCOP(=O)(Oc1cccc(C#N)c1)C(F)(F)c1ccc2sc(C(=O)N[C@H]3CCCC[C@H]4CC[C@@H](C(=O)N5C[C@H](c6ccccc6)[C@@H](C#N)C5)N4C3=O)cc2c1. The second-order valence-corrected chi connectivity index (χ2v) is 20.0. The zero-order valence-corrected chi connectivity index (χ0v) is 36.6. The number of halogens is 2. The van der Waals surface area contributed by atoms with Gasteiger partial charge in [-0.3, -0.25) is 23.7 Å². The predicted molar refractivity (Wildman–Crippen MR) is 232 cm³/mol. The average molecular weight is 902 g/mol. The zero-order valence-electron chi connectivity index (χ0n) is 34.0. The van der Waals surface area contributed by atoms with Gasteiger partial charge in [0.25, 0.3) is 5.91 Å². The first-order valence-corrected chi connectivity index (χ1v) is 24.1. The monoisotopic (exact) mass is 901 g/mol. The van der Waals surface area contributed by atoms with E-state index in [-0.39, 0.29) is 75.1 Å². The number of thioether (sulfide) groups is 1. The third-order valence-corrected chi connectivity index (χ3v) is 15.6. The van der Waals surface area contributed by atoms with Crippen molar-refractivity contribution < 1.29 is 41.6 Å². The average Bonchev–Trinajstić information content (AvgIpc) is 4.02. The minimum Gasteiger partial charge on any atom is -0.420 e. The molecule has 6 atom stereocenters. The molecule has 0 aliphatic carbocycles. The van der Waals surface area contributed by atoms with Gasteiger partial charge in [-0.05, 0) is 79.5 Å². The number of fused-ring (bicyclic) bond motifs is 2. The van der Waals surface area contributed by atoms with Crippen molar-refractivity contribution >= 4 is 63.6 Å². The van der Waals surface area contributed by atoms with Crippen LogP contribution in [0.4, 0.5) is 8.78 Å². The van der Waals surface area contributed by atoms with E-state index in [0.29, 0.717) is 43.3 Å². The Morgan fingerprint density at radius 1 is 0.984 bits per heavy atom. The van der Waals surface area contributed by atoms with Crippen LogP contribution in [-0.2, 0) is 29.1 Å². The molecule has 1 aromatic heterocycles. The van der Waals surface area contributed by atoms with Crippen molar-refractivity contribution in [1.29, 1.82) is 10.5 Å². The number of hydrogen-bond donors (Lipinski definition) is 1. The molecule has 3 aliphatic heterocycles. The molecule has 3 aromatic carbocycles. The minimum absolute atomic E-state index is 0.0439. The lowest BCUT2D eigenvalue weighted by Gasteiger charge is -2.36. The normalized spacial score (nSPS) is 22.5. The van der Waals surface area contributed by atoms with Gasteiger partial charge in [0.1, 0.15) is 17.8 Å². The number of alkyl halides is 2. The van der Waals surface area contributed by atoms with E-state index in [4.69, 9.17) is 9.05 Å². The summed E-state index contributed by atoms with van der Waals surface area (Å²) in [5.41, 5.74) is -3.85. The van der Waals surface area contributed by atoms with Gasteiger partial charge in [-0.25, -0.2) is 4.57 Å². The molecule has 17 heteroatoms. The number of nitriles is 2. The summed E-state index contributed by atoms with van der Waals surface area (Å²) in [6, 6.07) is 22.3. The van der Waals surface area contributed by atoms with Gasteiger partial charge in [0.15, 0.2) is 5.12 Å². The molecule has 3 fully saturated rings. The lowest BCUT2D eigenvalue weighted by Crippen LogP contribution is -2.56. The van der Waals surface area contributed by atoms with Gasteiger partial charge in [-0.15, -0.1) is 11.3 Å². The topological polar surface area (TPSA) is 170 Å². The van der Waals surface area contributed by atoms with Crippen LogP contribution in [0.5, 0.6) is 5.75 Å². The summed E-state index contributed by atoms with van der Waals surface area (Å²) < 4.78 is 58.4. The maximum absolute atomic E-state index is 16.5. The van der Waals surface area contributed by atoms with Crippen molar-refractivity contribution in [3.8, 4) is 17.9 Å². The van der Waals surface area contributed by atoms with E-state index in [1.54, 1.807) is 9.80 Å². The maximum Gasteiger partial charge on any atom is 0.453 e. The molecule has 0 bridgehead atoms. The summed E-state index contributed by atoms with van der Waals surface area (Å²) >= 11 is 1.92. The highest BCUT2D eigenvalue weighted by Gasteiger charge is 2.57. The molecule has 3 saturated heterocycles. The molecule has 0 radical (unpaired) electrons. The fourth-order valence-electron chi connectivity index (χ4n) is 8.52. The number of nitrogens with one attached hydrogen (secondary N) is 1. The van der Waals surface area contributed by atoms with Gasteiger partial charge in [-0.1, -0.05) is 74.0 Å². The van der Waals surface area contributed by atoms with Crippen LogP contribution in [0.1, 0.15) is 90.6 Å². The molecule has 1 unspecified atom stereocenters. The van der Waals surface area contributed by atoms with E-state index >= 15 is 8.78 Å². The van der Waals surface area contributed by atoms with Gasteiger partial charge in [0, 0.05) is 47.5 Å². The van der Waals surface area contributed by atoms with Crippen molar-refractivity contribution in [1.82, 2.24) is 15.1 Å². The van der Waals surface area contributed by atoms with E-state index < -0.39 is 43.4 Å². The molecule has 0 spiro atoms. The second kappa shape index (κ2) is 19.5. The maximum atomic E-state index is 16.5. The Bertz CT molecular complexity index is 2460.